The lowest BCUT2D eigenvalue weighted by atomic mass is 10.0. The lowest BCUT2D eigenvalue weighted by Gasteiger charge is -2.37. The van der Waals surface area contributed by atoms with Gasteiger partial charge >= 0.3 is 0 Å². The standard InChI is InChI=1S/C17H21N5O2/c1-2-14(12-18-6-1)13-20-15-3-7-19-16(21-15)22-8-4-17(5-9-22)23-10-11-24-17/h1-3,6-7,12H,4-5,8-11,13H2,(H,19,20,21). The number of hydrogen-bond acceptors (Lipinski definition) is 7. The van der Waals surface area contributed by atoms with Gasteiger partial charge in [0, 0.05) is 51.1 Å². The minimum absolute atomic E-state index is 0.368. The van der Waals surface area contributed by atoms with Crippen LogP contribution in [0.5, 0.6) is 0 Å². The van der Waals surface area contributed by atoms with E-state index in [4.69, 9.17) is 9.47 Å². The molecule has 126 valence electrons. The van der Waals surface area contributed by atoms with Gasteiger partial charge < -0.3 is 19.7 Å². The Balaban J connectivity index is 1.38. The van der Waals surface area contributed by atoms with Crippen LogP contribution in [0.1, 0.15) is 18.4 Å². The third-order valence-electron chi connectivity index (χ3n) is 4.46. The second-order valence-corrected chi connectivity index (χ2v) is 6.05. The molecule has 7 heteroatoms. The van der Waals surface area contributed by atoms with E-state index < -0.39 is 0 Å². The summed E-state index contributed by atoms with van der Waals surface area (Å²) in [6, 6.07) is 5.85. The molecule has 1 spiro atoms. The summed E-state index contributed by atoms with van der Waals surface area (Å²) in [6.45, 7) is 3.77. The second-order valence-electron chi connectivity index (χ2n) is 6.05. The van der Waals surface area contributed by atoms with Crippen molar-refractivity contribution >= 4 is 11.8 Å². The minimum Gasteiger partial charge on any atom is -0.366 e. The van der Waals surface area contributed by atoms with Crippen LogP contribution in [0.25, 0.3) is 0 Å². The smallest absolute Gasteiger partial charge is 0.227 e. The summed E-state index contributed by atoms with van der Waals surface area (Å²) in [5.41, 5.74) is 1.12. The van der Waals surface area contributed by atoms with E-state index in [1.807, 2.05) is 24.4 Å². The van der Waals surface area contributed by atoms with Gasteiger partial charge in [-0.2, -0.15) is 4.98 Å². The summed E-state index contributed by atoms with van der Waals surface area (Å²) < 4.78 is 11.5. The fraction of sp³-hybridized carbons (Fsp3) is 0.471. The Kier molecular flexibility index (Phi) is 4.27. The summed E-state index contributed by atoms with van der Waals surface area (Å²) in [6.07, 6.45) is 7.11. The van der Waals surface area contributed by atoms with Crippen LogP contribution < -0.4 is 10.2 Å². The van der Waals surface area contributed by atoms with Gasteiger partial charge in [0.25, 0.3) is 0 Å². The molecule has 2 saturated heterocycles. The van der Waals surface area contributed by atoms with Gasteiger partial charge in [0.2, 0.25) is 5.95 Å². The first-order valence-electron chi connectivity index (χ1n) is 8.32. The van der Waals surface area contributed by atoms with Crippen LogP contribution in [0.15, 0.2) is 36.8 Å². The lowest BCUT2D eigenvalue weighted by molar-refractivity contribution is -0.169. The number of anilines is 2. The number of nitrogens with one attached hydrogen (secondary N) is 1. The maximum absolute atomic E-state index is 5.77. The van der Waals surface area contributed by atoms with E-state index in [0.29, 0.717) is 19.8 Å². The van der Waals surface area contributed by atoms with Gasteiger partial charge in [-0.3, -0.25) is 4.98 Å². The summed E-state index contributed by atoms with van der Waals surface area (Å²) in [4.78, 5) is 15.3. The summed E-state index contributed by atoms with van der Waals surface area (Å²) in [5, 5.41) is 3.32. The third-order valence-corrected chi connectivity index (χ3v) is 4.46. The molecule has 0 unspecified atom stereocenters. The predicted molar refractivity (Wildman–Crippen MR) is 89.7 cm³/mol. The Morgan fingerprint density at radius 3 is 2.71 bits per heavy atom. The molecule has 2 fully saturated rings. The Morgan fingerprint density at radius 2 is 1.96 bits per heavy atom. The Hall–Kier alpha value is -2.25. The summed E-state index contributed by atoms with van der Waals surface area (Å²) >= 11 is 0. The first-order chi connectivity index (χ1) is 11.8. The molecule has 0 saturated carbocycles. The first kappa shape index (κ1) is 15.3. The van der Waals surface area contributed by atoms with E-state index in [1.165, 1.54) is 0 Å². The predicted octanol–water partition coefficient (Wildman–Crippen LogP) is 1.83. The van der Waals surface area contributed by atoms with E-state index in [1.54, 1.807) is 12.4 Å². The molecule has 4 rings (SSSR count). The molecule has 0 aliphatic carbocycles. The number of nitrogens with zero attached hydrogens (tertiary/aromatic N) is 4. The van der Waals surface area contributed by atoms with E-state index in [-0.39, 0.29) is 5.79 Å². The molecule has 24 heavy (non-hydrogen) atoms. The molecule has 0 amide bonds. The van der Waals surface area contributed by atoms with Crippen molar-refractivity contribution in [1.29, 1.82) is 0 Å². The molecule has 0 atom stereocenters. The molecule has 0 bridgehead atoms. The minimum atomic E-state index is -0.368. The molecule has 0 aromatic carbocycles. The molecule has 2 aliphatic rings. The van der Waals surface area contributed by atoms with Crippen molar-refractivity contribution in [2.24, 2.45) is 0 Å². The molecule has 0 radical (unpaired) electrons. The van der Waals surface area contributed by atoms with Gasteiger partial charge in [-0.05, 0) is 17.7 Å². The third kappa shape index (κ3) is 3.32. The van der Waals surface area contributed by atoms with Crippen molar-refractivity contribution in [2.75, 3.05) is 36.5 Å². The van der Waals surface area contributed by atoms with Crippen molar-refractivity contribution in [3.05, 3.63) is 42.4 Å². The average molecular weight is 327 g/mol. The van der Waals surface area contributed by atoms with Gasteiger partial charge in [0.15, 0.2) is 5.79 Å². The van der Waals surface area contributed by atoms with Crippen LogP contribution in [-0.2, 0) is 16.0 Å². The molecule has 7 nitrogen and oxygen atoms in total. The Bertz CT molecular complexity index is 666. The van der Waals surface area contributed by atoms with Crippen molar-refractivity contribution in [3.63, 3.8) is 0 Å². The first-order valence-corrected chi connectivity index (χ1v) is 8.32. The maximum atomic E-state index is 5.77. The zero-order valence-electron chi connectivity index (χ0n) is 13.5. The lowest BCUT2D eigenvalue weighted by Crippen LogP contribution is -2.45. The highest BCUT2D eigenvalue weighted by Crippen LogP contribution is 2.32. The van der Waals surface area contributed by atoms with Crippen LogP contribution in [0, 0.1) is 0 Å². The molecule has 1 N–H and O–H groups in total. The van der Waals surface area contributed by atoms with E-state index in [2.05, 4.69) is 25.2 Å². The largest absolute Gasteiger partial charge is 0.366 e. The Morgan fingerprint density at radius 1 is 1.12 bits per heavy atom. The zero-order valence-corrected chi connectivity index (χ0v) is 13.5. The molecular weight excluding hydrogens is 306 g/mol. The number of hydrogen-bond donors (Lipinski definition) is 1. The molecule has 2 aromatic heterocycles. The Labute approximate surface area is 141 Å². The van der Waals surface area contributed by atoms with Gasteiger partial charge in [-0.15, -0.1) is 0 Å². The number of rotatable bonds is 4. The topological polar surface area (TPSA) is 72.4 Å². The number of pyridine rings is 1. The number of piperidine rings is 1. The second kappa shape index (κ2) is 6.70. The van der Waals surface area contributed by atoms with Gasteiger partial charge in [0.1, 0.15) is 5.82 Å². The van der Waals surface area contributed by atoms with E-state index >= 15 is 0 Å². The fourth-order valence-corrected chi connectivity index (χ4v) is 3.13. The van der Waals surface area contributed by atoms with Crippen LogP contribution in [0.4, 0.5) is 11.8 Å². The summed E-state index contributed by atoms with van der Waals surface area (Å²) in [5.74, 6) is 1.20. The fourth-order valence-electron chi connectivity index (χ4n) is 3.13. The monoisotopic (exact) mass is 327 g/mol. The number of ether oxygens (including phenoxy) is 2. The quantitative estimate of drug-likeness (QED) is 0.918. The highest BCUT2D eigenvalue weighted by Gasteiger charge is 2.40. The molecule has 2 aliphatic heterocycles. The van der Waals surface area contributed by atoms with Gasteiger partial charge in [0.05, 0.1) is 13.2 Å². The van der Waals surface area contributed by atoms with Crippen LogP contribution in [0.2, 0.25) is 0 Å². The van der Waals surface area contributed by atoms with E-state index in [9.17, 15) is 0 Å². The van der Waals surface area contributed by atoms with Crippen molar-refractivity contribution in [3.8, 4) is 0 Å². The van der Waals surface area contributed by atoms with E-state index in [0.717, 1.165) is 43.3 Å². The van der Waals surface area contributed by atoms with Crippen LogP contribution in [0.3, 0.4) is 0 Å². The molecule has 4 heterocycles. The number of aromatic nitrogens is 3. The molecule has 2 aromatic rings. The SMILES string of the molecule is c1cncc(CNc2ccnc(N3CCC4(CC3)OCCO4)n2)c1. The normalized spacial score (nSPS) is 19.6. The van der Waals surface area contributed by atoms with Crippen molar-refractivity contribution in [1.82, 2.24) is 15.0 Å². The highest BCUT2D eigenvalue weighted by molar-refractivity contribution is 5.42. The average Bonchev–Trinajstić information content (AvgIpc) is 3.10. The maximum Gasteiger partial charge on any atom is 0.227 e. The van der Waals surface area contributed by atoms with Gasteiger partial charge in [-0.25, -0.2) is 4.98 Å². The highest BCUT2D eigenvalue weighted by atomic mass is 16.7. The summed E-state index contributed by atoms with van der Waals surface area (Å²) in [7, 11) is 0. The van der Waals surface area contributed by atoms with Crippen LogP contribution >= 0.6 is 0 Å². The van der Waals surface area contributed by atoms with Crippen molar-refractivity contribution in [2.45, 2.75) is 25.2 Å². The molecular formula is C17H21N5O2. The van der Waals surface area contributed by atoms with Crippen molar-refractivity contribution < 1.29 is 9.47 Å². The van der Waals surface area contributed by atoms with Crippen LogP contribution in [-0.4, -0.2) is 47.0 Å². The zero-order chi connectivity index (χ0) is 16.2. The van der Waals surface area contributed by atoms with Gasteiger partial charge in [-0.1, -0.05) is 6.07 Å².